The molecule has 1 unspecified atom stereocenters. The molecule has 1 aliphatic carbocycles. The number of urea groups is 1. The summed E-state index contributed by atoms with van der Waals surface area (Å²) in [7, 11) is 1.30. The summed E-state index contributed by atoms with van der Waals surface area (Å²) in [6.45, 7) is 1.56. The van der Waals surface area contributed by atoms with Crippen LogP contribution in [0.1, 0.15) is 30.0 Å². The third-order valence-corrected chi connectivity index (χ3v) is 5.57. The summed E-state index contributed by atoms with van der Waals surface area (Å²) >= 11 is 0. The lowest BCUT2D eigenvalue weighted by molar-refractivity contribution is -0.385. The van der Waals surface area contributed by atoms with Crippen LogP contribution in [-0.4, -0.2) is 41.6 Å². The van der Waals surface area contributed by atoms with Gasteiger partial charge in [0.15, 0.2) is 0 Å². The van der Waals surface area contributed by atoms with Crippen molar-refractivity contribution in [3.8, 4) is 5.75 Å². The van der Waals surface area contributed by atoms with Crippen molar-refractivity contribution in [3.05, 3.63) is 81.0 Å². The molecule has 2 aliphatic rings. The second kappa shape index (κ2) is 8.70. The minimum absolute atomic E-state index is 0.00684. The molecule has 4 rings (SSSR count). The van der Waals surface area contributed by atoms with Crippen LogP contribution >= 0.6 is 0 Å². The number of benzene rings is 2. The Morgan fingerprint density at radius 2 is 1.94 bits per heavy atom. The number of nitro benzene ring substituents is 1. The third kappa shape index (κ3) is 4.14. The van der Waals surface area contributed by atoms with Gasteiger partial charge in [-0.2, -0.15) is 0 Å². The molecule has 0 saturated heterocycles. The van der Waals surface area contributed by atoms with Crippen LogP contribution in [0.25, 0.3) is 0 Å². The summed E-state index contributed by atoms with van der Waals surface area (Å²) in [6.07, 6.45) is 1.66. The molecule has 1 heterocycles. The third-order valence-electron chi connectivity index (χ3n) is 5.57. The van der Waals surface area contributed by atoms with Crippen molar-refractivity contribution >= 4 is 17.7 Å². The maximum atomic E-state index is 13.0. The zero-order valence-electron chi connectivity index (χ0n) is 17.7. The maximum absolute atomic E-state index is 13.0. The lowest BCUT2D eigenvalue weighted by atomic mass is 9.94. The highest BCUT2D eigenvalue weighted by molar-refractivity contribution is 5.95. The van der Waals surface area contributed by atoms with E-state index in [2.05, 4.69) is 5.32 Å². The van der Waals surface area contributed by atoms with Crippen LogP contribution in [-0.2, 0) is 9.53 Å². The zero-order chi connectivity index (χ0) is 22.8. The predicted molar refractivity (Wildman–Crippen MR) is 115 cm³/mol. The first kappa shape index (κ1) is 21.4. The number of nitro groups is 1. The Balaban J connectivity index is 1.73. The number of nitrogens with zero attached hydrogens (tertiary/aromatic N) is 2. The van der Waals surface area contributed by atoms with Crippen molar-refractivity contribution in [1.82, 2.24) is 10.2 Å². The number of esters is 1. The molecule has 2 aromatic carbocycles. The molecular formula is C23H23N3O6. The van der Waals surface area contributed by atoms with Gasteiger partial charge < -0.3 is 14.8 Å². The van der Waals surface area contributed by atoms with Crippen molar-refractivity contribution in [1.29, 1.82) is 0 Å². The van der Waals surface area contributed by atoms with E-state index in [1.807, 2.05) is 30.3 Å². The number of aryl methyl sites for hydroxylation is 1. The first-order valence-corrected chi connectivity index (χ1v) is 10.2. The zero-order valence-corrected chi connectivity index (χ0v) is 17.7. The summed E-state index contributed by atoms with van der Waals surface area (Å²) < 4.78 is 11.0. The quantitative estimate of drug-likeness (QED) is 0.402. The number of carbonyl (C=O) groups is 2. The number of methoxy groups -OCH3 is 1. The van der Waals surface area contributed by atoms with Gasteiger partial charge in [-0.05, 0) is 37.5 Å². The van der Waals surface area contributed by atoms with Crippen LogP contribution in [0.3, 0.4) is 0 Å². The molecule has 32 heavy (non-hydrogen) atoms. The number of nitrogens with one attached hydrogen (secondary N) is 1. The summed E-state index contributed by atoms with van der Waals surface area (Å²) in [5, 5.41) is 14.0. The van der Waals surface area contributed by atoms with Crippen LogP contribution < -0.4 is 10.1 Å². The smallest absolute Gasteiger partial charge is 0.338 e. The minimum Gasteiger partial charge on any atom is -0.487 e. The molecule has 1 fully saturated rings. The molecule has 1 saturated carbocycles. The van der Waals surface area contributed by atoms with Crippen LogP contribution in [0.5, 0.6) is 5.75 Å². The normalized spacial score (nSPS) is 18.2. The van der Waals surface area contributed by atoms with Gasteiger partial charge >= 0.3 is 12.0 Å². The Kier molecular flexibility index (Phi) is 5.81. The molecule has 0 radical (unpaired) electrons. The Morgan fingerprint density at radius 1 is 1.22 bits per heavy atom. The van der Waals surface area contributed by atoms with Crippen LogP contribution in [0.15, 0.2) is 59.8 Å². The summed E-state index contributed by atoms with van der Waals surface area (Å²) in [6, 6.07) is 12.6. The minimum atomic E-state index is -0.677. The van der Waals surface area contributed by atoms with Gasteiger partial charge in [-0.15, -0.1) is 0 Å². The molecule has 2 amide bonds. The largest absolute Gasteiger partial charge is 0.487 e. The lowest BCUT2D eigenvalue weighted by Gasteiger charge is -2.36. The van der Waals surface area contributed by atoms with E-state index < -0.39 is 16.9 Å². The van der Waals surface area contributed by atoms with E-state index in [-0.39, 0.29) is 24.4 Å². The van der Waals surface area contributed by atoms with Gasteiger partial charge in [0.2, 0.25) is 0 Å². The summed E-state index contributed by atoms with van der Waals surface area (Å²) in [5.41, 5.74) is 1.95. The Labute approximate surface area is 184 Å². The molecule has 0 bridgehead atoms. The second-order valence-corrected chi connectivity index (χ2v) is 7.74. The predicted octanol–water partition coefficient (Wildman–Crippen LogP) is 3.64. The first-order valence-electron chi connectivity index (χ1n) is 10.2. The van der Waals surface area contributed by atoms with Crippen molar-refractivity contribution in [2.24, 2.45) is 0 Å². The second-order valence-electron chi connectivity index (χ2n) is 7.74. The SMILES string of the molecule is COC(=O)C1=C(COc2ccc([N+](=O)[O-])c(C)c2)N(C2CC2)C(=O)NC1c1ccccc1. The van der Waals surface area contributed by atoms with Crippen LogP contribution in [0.4, 0.5) is 10.5 Å². The van der Waals surface area contributed by atoms with Gasteiger partial charge in [0.1, 0.15) is 12.4 Å². The van der Waals surface area contributed by atoms with Crippen molar-refractivity contribution in [2.75, 3.05) is 13.7 Å². The molecule has 2 aromatic rings. The summed E-state index contributed by atoms with van der Waals surface area (Å²) in [5.74, 6) is -0.147. The van der Waals surface area contributed by atoms with Gasteiger partial charge in [-0.3, -0.25) is 15.0 Å². The van der Waals surface area contributed by atoms with Crippen molar-refractivity contribution in [2.45, 2.75) is 31.8 Å². The molecule has 0 spiro atoms. The number of hydrogen-bond donors (Lipinski definition) is 1. The first-order chi connectivity index (χ1) is 15.4. The molecule has 9 heteroatoms. The molecular weight excluding hydrogens is 414 g/mol. The van der Waals surface area contributed by atoms with E-state index >= 15 is 0 Å². The summed E-state index contributed by atoms with van der Waals surface area (Å²) in [4.78, 5) is 38.1. The van der Waals surface area contributed by atoms with Gasteiger partial charge in [-0.1, -0.05) is 30.3 Å². The Morgan fingerprint density at radius 3 is 2.53 bits per heavy atom. The molecule has 0 aromatic heterocycles. The highest BCUT2D eigenvalue weighted by Crippen LogP contribution is 2.38. The Bertz CT molecular complexity index is 1090. The van der Waals surface area contributed by atoms with Gasteiger partial charge in [0.05, 0.1) is 29.3 Å². The maximum Gasteiger partial charge on any atom is 0.338 e. The van der Waals surface area contributed by atoms with E-state index in [1.54, 1.807) is 17.9 Å². The number of ether oxygens (including phenoxy) is 2. The monoisotopic (exact) mass is 437 g/mol. The highest BCUT2D eigenvalue weighted by atomic mass is 16.6. The van der Waals surface area contributed by atoms with Crippen molar-refractivity contribution < 1.29 is 24.0 Å². The topological polar surface area (TPSA) is 111 Å². The average molecular weight is 437 g/mol. The fourth-order valence-corrected chi connectivity index (χ4v) is 3.87. The van der Waals surface area contributed by atoms with Crippen LogP contribution in [0.2, 0.25) is 0 Å². The molecule has 166 valence electrons. The van der Waals surface area contributed by atoms with E-state index in [0.717, 1.165) is 18.4 Å². The number of rotatable bonds is 7. The molecule has 1 atom stereocenters. The molecule has 1 aliphatic heterocycles. The van der Waals surface area contributed by atoms with E-state index in [4.69, 9.17) is 9.47 Å². The fraction of sp³-hybridized carbons (Fsp3) is 0.304. The highest BCUT2D eigenvalue weighted by Gasteiger charge is 2.44. The van der Waals surface area contributed by atoms with E-state index in [9.17, 15) is 19.7 Å². The van der Waals surface area contributed by atoms with Crippen molar-refractivity contribution in [3.63, 3.8) is 0 Å². The average Bonchev–Trinajstić information content (AvgIpc) is 3.62. The van der Waals surface area contributed by atoms with E-state index in [0.29, 0.717) is 22.6 Å². The number of hydrogen-bond acceptors (Lipinski definition) is 6. The number of carbonyl (C=O) groups excluding carboxylic acids is 2. The van der Waals surface area contributed by atoms with E-state index in [1.165, 1.54) is 19.2 Å². The standard InChI is InChI=1S/C23H23N3O6/c1-14-12-17(10-11-18(14)26(29)30)32-13-19-20(22(27)31-2)21(15-6-4-3-5-7-15)24-23(28)25(19)16-8-9-16/h3-7,10-12,16,21H,8-9,13H2,1-2H3,(H,24,28). The lowest BCUT2D eigenvalue weighted by Crippen LogP contribution is -2.50. The fourth-order valence-electron chi connectivity index (χ4n) is 3.87. The number of amides is 2. The van der Waals surface area contributed by atoms with Crippen LogP contribution in [0, 0.1) is 17.0 Å². The Hall–Kier alpha value is -3.88. The van der Waals surface area contributed by atoms with Gasteiger partial charge in [-0.25, -0.2) is 9.59 Å². The molecule has 9 nitrogen and oxygen atoms in total. The molecule has 1 N–H and O–H groups in total. The van der Waals surface area contributed by atoms with Gasteiger partial charge in [0.25, 0.3) is 5.69 Å². The van der Waals surface area contributed by atoms with Gasteiger partial charge in [0, 0.05) is 17.7 Å².